The summed E-state index contributed by atoms with van der Waals surface area (Å²) < 4.78 is 33.6. The van der Waals surface area contributed by atoms with Gasteiger partial charge in [0.1, 0.15) is 18.1 Å². The molecule has 1 amide bonds. The van der Waals surface area contributed by atoms with Gasteiger partial charge >= 0.3 is 0 Å². The number of ether oxygens (including phenoxy) is 1. The molecule has 4 rings (SSSR count). The highest BCUT2D eigenvalue weighted by Gasteiger charge is 2.31. The lowest BCUT2D eigenvalue weighted by atomic mass is 9.99. The number of thiazole rings is 1. The quantitative estimate of drug-likeness (QED) is 0.393. The Bertz CT molecular complexity index is 1360. The highest BCUT2D eigenvalue weighted by atomic mass is 35.5. The van der Waals surface area contributed by atoms with Crippen LogP contribution in [0.15, 0.2) is 46.7 Å². The van der Waals surface area contributed by atoms with Crippen molar-refractivity contribution < 1.29 is 17.9 Å². The summed E-state index contributed by atoms with van der Waals surface area (Å²) in [5.41, 5.74) is 3.34. The van der Waals surface area contributed by atoms with Crippen molar-refractivity contribution in [2.24, 2.45) is 0 Å². The number of hydrogen-bond acceptors (Lipinski definition) is 6. The number of para-hydroxylation sites is 1. The fraction of sp³-hybridized carbons (Fsp3) is 0.407. The first-order chi connectivity index (χ1) is 17.6. The number of benzene rings is 2. The molecule has 7 nitrogen and oxygen atoms in total. The molecule has 0 spiro atoms. The monoisotopic (exact) mass is 561 g/mol. The normalized spacial score (nSPS) is 15.9. The third-order valence-corrected chi connectivity index (χ3v) is 9.91. The molecular formula is C27H32ClN3O4S2. The fourth-order valence-electron chi connectivity index (χ4n) is 4.38. The van der Waals surface area contributed by atoms with E-state index < -0.39 is 10.0 Å². The van der Waals surface area contributed by atoms with Crippen molar-refractivity contribution in [2.45, 2.75) is 57.4 Å². The van der Waals surface area contributed by atoms with Crippen LogP contribution in [-0.4, -0.2) is 49.4 Å². The van der Waals surface area contributed by atoms with Crippen molar-refractivity contribution in [1.82, 2.24) is 14.6 Å². The zero-order chi connectivity index (χ0) is 26.7. The SMILES string of the molecule is Cc1ccc(S(=O)(=O)N2CCC(c3nc(C(=O)NC(C)COc4c(C)cccc4C)cs3)CC2)cc1Cl. The molecule has 1 aliphatic heterocycles. The predicted octanol–water partition coefficient (Wildman–Crippen LogP) is 5.49. The summed E-state index contributed by atoms with van der Waals surface area (Å²) >= 11 is 7.60. The summed E-state index contributed by atoms with van der Waals surface area (Å²) in [6, 6.07) is 10.6. The van der Waals surface area contributed by atoms with E-state index in [2.05, 4.69) is 10.3 Å². The average Bonchev–Trinajstić information content (AvgIpc) is 3.36. The summed E-state index contributed by atoms with van der Waals surface area (Å²) in [7, 11) is -3.60. The van der Waals surface area contributed by atoms with Crippen molar-refractivity contribution in [3.8, 4) is 5.75 Å². The lowest BCUT2D eigenvalue weighted by Gasteiger charge is -2.30. The first-order valence-corrected chi connectivity index (χ1v) is 15.0. The molecule has 0 radical (unpaired) electrons. The van der Waals surface area contributed by atoms with Crippen molar-refractivity contribution in [3.05, 3.63) is 74.2 Å². The smallest absolute Gasteiger partial charge is 0.271 e. The molecule has 1 fully saturated rings. The van der Waals surface area contributed by atoms with Crippen LogP contribution in [0.2, 0.25) is 5.02 Å². The van der Waals surface area contributed by atoms with Gasteiger partial charge in [0.15, 0.2) is 0 Å². The van der Waals surface area contributed by atoms with E-state index in [4.69, 9.17) is 16.3 Å². The van der Waals surface area contributed by atoms with E-state index in [0.717, 1.165) is 27.4 Å². The lowest BCUT2D eigenvalue weighted by molar-refractivity contribution is 0.0922. The summed E-state index contributed by atoms with van der Waals surface area (Å²) in [6.45, 7) is 8.89. The Morgan fingerprint density at radius 3 is 2.49 bits per heavy atom. The molecular weight excluding hydrogens is 530 g/mol. The van der Waals surface area contributed by atoms with E-state index in [1.54, 1.807) is 17.5 Å². The Morgan fingerprint density at radius 1 is 1.16 bits per heavy atom. The van der Waals surface area contributed by atoms with Gasteiger partial charge in [-0.05, 0) is 69.4 Å². The third-order valence-electron chi connectivity index (χ3n) is 6.60. The van der Waals surface area contributed by atoms with Gasteiger partial charge in [-0.25, -0.2) is 13.4 Å². The van der Waals surface area contributed by atoms with E-state index in [9.17, 15) is 13.2 Å². The molecule has 10 heteroatoms. The molecule has 37 heavy (non-hydrogen) atoms. The molecule has 0 saturated carbocycles. The average molecular weight is 562 g/mol. The lowest BCUT2D eigenvalue weighted by Crippen LogP contribution is -2.38. The molecule has 1 atom stereocenters. The molecule has 3 aromatic rings. The van der Waals surface area contributed by atoms with Crippen LogP contribution in [0.1, 0.15) is 57.9 Å². The standard InChI is InChI=1S/C27H32ClN3O4S2/c1-17-8-9-22(14-23(17)28)37(33,34)31-12-10-21(11-13-31)27-30-24(16-36-27)26(32)29-20(4)15-35-25-18(2)6-5-7-19(25)3/h5-9,14,16,20-21H,10-13,15H2,1-4H3,(H,29,32). The number of carbonyl (C=O) groups is 1. The number of sulfonamides is 1. The zero-order valence-corrected chi connectivity index (χ0v) is 23.8. The number of carbonyl (C=O) groups excluding carboxylic acids is 1. The number of halogens is 1. The van der Waals surface area contributed by atoms with Gasteiger partial charge in [0, 0.05) is 29.4 Å². The summed E-state index contributed by atoms with van der Waals surface area (Å²) in [6.07, 6.45) is 1.29. The number of nitrogens with one attached hydrogen (secondary N) is 1. The summed E-state index contributed by atoms with van der Waals surface area (Å²) in [5, 5.41) is 6.02. The van der Waals surface area contributed by atoms with Crippen LogP contribution in [0.5, 0.6) is 5.75 Å². The maximum Gasteiger partial charge on any atom is 0.271 e. The summed E-state index contributed by atoms with van der Waals surface area (Å²) in [4.78, 5) is 17.6. The highest BCUT2D eigenvalue weighted by molar-refractivity contribution is 7.89. The zero-order valence-electron chi connectivity index (χ0n) is 21.5. The van der Waals surface area contributed by atoms with Crippen molar-refractivity contribution >= 4 is 38.9 Å². The van der Waals surface area contributed by atoms with Crippen LogP contribution < -0.4 is 10.1 Å². The molecule has 0 aliphatic carbocycles. The Kier molecular flexibility index (Phi) is 8.58. The minimum atomic E-state index is -3.60. The van der Waals surface area contributed by atoms with Gasteiger partial charge < -0.3 is 10.1 Å². The first kappa shape index (κ1) is 27.6. The Hall–Kier alpha value is -2.46. The summed E-state index contributed by atoms with van der Waals surface area (Å²) in [5.74, 6) is 0.721. The molecule has 0 bridgehead atoms. The van der Waals surface area contributed by atoms with E-state index in [0.29, 0.717) is 43.3 Å². The number of piperidine rings is 1. The molecule has 1 N–H and O–H groups in total. The molecule has 1 unspecified atom stereocenters. The van der Waals surface area contributed by atoms with Gasteiger partial charge in [0.05, 0.1) is 15.9 Å². The molecule has 2 heterocycles. The molecule has 1 aliphatic rings. The number of aromatic nitrogens is 1. The number of hydrogen-bond donors (Lipinski definition) is 1. The second kappa shape index (κ2) is 11.5. The number of amides is 1. The Balaban J connectivity index is 1.31. The van der Waals surface area contributed by atoms with Gasteiger partial charge in [0.25, 0.3) is 5.91 Å². The first-order valence-electron chi connectivity index (χ1n) is 12.3. The van der Waals surface area contributed by atoms with E-state index in [1.165, 1.54) is 21.7 Å². The maximum absolute atomic E-state index is 13.1. The third kappa shape index (κ3) is 6.34. The van der Waals surface area contributed by atoms with Crippen molar-refractivity contribution in [2.75, 3.05) is 19.7 Å². The van der Waals surface area contributed by atoms with Crippen LogP contribution in [0.25, 0.3) is 0 Å². The minimum Gasteiger partial charge on any atom is -0.491 e. The van der Waals surface area contributed by atoms with Crippen LogP contribution in [0.3, 0.4) is 0 Å². The van der Waals surface area contributed by atoms with E-state index >= 15 is 0 Å². The predicted molar refractivity (Wildman–Crippen MR) is 147 cm³/mol. The number of aryl methyl sites for hydroxylation is 3. The Morgan fingerprint density at radius 2 is 1.84 bits per heavy atom. The maximum atomic E-state index is 13.1. The van der Waals surface area contributed by atoms with Gasteiger partial charge in [-0.3, -0.25) is 4.79 Å². The van der Waals surface area contributed by atoms with E-state index in [-0.39, 0.29) is 22.8 Å². The molecule has 1 saturated heterocycles. The number of nitrogens with zero attached hydrogens (tertiary/aromatic N) is 2. The van der Waals surface area contributed by atoms with Gasteiger partial charge in [-0.1, -0.05) is 35.9 Å². The highest BCUT2D eigenvalue weighted by Crippen LogP contribution is 2.33. The van der Waals surface area contributed by atoms with Crippen LogP contribution in [0.4, 0.5) is 0 Å². The van der Waals surface area contributed by atoms with Crippen molar-refractivity contribution in [3.63, 3.8) is 0 Å². The van der Waals surface area contributed by atoms with Gasteiger partial charge in [-0.15, -0.1) is 11.3 Å². The van der Waals surface area contributed by atoms with E-state index in [1.807, 2.05) is 45.9 Å². The van der Waals surface area contributed by atoms with Crippen LogP contribution >= 0.6 is 22.9 Å². The van der Waals surface area contributed by atoms with Crippen LogP contribution in [-0.2, 0) is 10.0 Å². The number of rotatable bonds is 8. The second-order valence-corrected chi connectivity index (χ2v) is 12.8. The molecule has 1 aromatic heterocycles. The minimum absolute atomic E-state index is 0.115. The molecule has 198 valence electrons. The van der Waals surface area contributed by atoms with Crippen LogP contribution in [0, 0.1) is 20.8 Å². The Labute approximate surface area is 227 Å². The van der Waals surface area contributed by atoms with Gasteiger partial charge in [-0.2, -0.15) is 4.31 Å². The van der Waals surface area contributed by atoms with Gasteiger partial charge in [0.2, 0.25) is 10.0 Å². The largest absolute Gasteiger partial charge is 0.491 e. The topological polar surface area (TPSA) is 88.6 Å². The fourth-order valence-corrected chi connectivity index (χ4v) is 7.09. The molecule has 2 aromatic carbocycles. The van der Waals surface area contributed by atoms with Crippen molar-refractivity contribution in [1.29, 1.82) is 0 Å². The second-order valence-electron chi connectivity index (χ2n) is 9.57.